The van der Waals surface area contributed by atoms with Crippen molar-refractivity contribution in [2.45, 2.75) is 26.2 Å². The second-order valence-electron chi connectivity index (χ2n) is 6.56. The van der Waals surface area contributed by atoms with Crippen LogP contribution in [0.15, 0.2) is 18.2 Å². The fourth-order valence-electron chi connectivity index (χ4n) is 3.58. The Bertz CT molecular complexity index is 553. The summed E-state index contributed by atoms with van der Waals surface area (Å²) in [5.74, 6) is 0.809. The summed E-state index contributed by atoms with van der Waals surface area (Å²) in [6.07, 6.45) is 3.55. The van der Waals surface area contributed by atoms with Crippen molar-refractivity contribution in [2.75, 3.05) is 38.6 Å². The molecule has 2 aliphatic rings. The average Bonchev–Trinajstić information content (AvgIpc) is 2.93. The third-order valence-corrected chi connectivity index (χ3v) is 4.96. The number of aryl methyl sites for hydroxylation is 1. The molecule has 0 aliphatic carbocycles. The number of piperidine rings is 1. The molecule has 1 atom stereocenters. The SMILES string of the molecule is COc1ccc(NC(=O)N2CC[C@@]3(CCCNC3)C2)c(C)c1. The zero-order chi connectivity index (χ0) is 15.6. The lowest BCUT2D eigenvalue weighted by molar-refractivity contribution is 0.195. The van der Waals surface area contributed by atoms with Gasteiger partial charge in [0.15, 0.2) is 0 Å². The minimum absolute atomic E-state index is 0.00992. The molecule has 2 aliphatic heterocycles. The van der Waals surface area contributed by atoms with E-state index in [-0.39, 0.29) is 6.03 Å². The fraction of sp³-hybridized carbons (Fsp3) is 0.588. The molecular formula is C17H25N3O2. The van der Waals surface area contributed by atoms with Crippen molar-refractivity contribution >= 4 is 11.7 Å². The Morgan fingerprint density at radius 3 is 2.95 bits per heavy atom. The number of carbonyl (C=O) groups excluding carboxylic acids is 1. The van der Waals surface area contributed by atoms with E-state index in [9.17, 15) is 4.79 Å². The van der Waals surface area contributed by atoms with Gasteiger partial charge in [-0.25, -0.2) is 4.79 Å². The Hall–Kier alpha value is -1.75. The highest BCUT2D eigenvalue weighted by Gasteiger charge is 2.40. The lowest BCUT2D eigenvalue weighted by atomic mass is 9.80. The van der Waals surface area contributed by atoms with Gasteiger partial charge in [0.1, 0.15) is 5.75 Å². The molecule has 2 heterocycles. The Morgan fingerprint density at radius 1 is 1.41 bits per heavy atom. The summed E-state index contributed by atoms with van der Waals surface area (Å²) in [6, 6.07) is 5.72. The highest BCUT2D eigenvalue weighted by atomic mass is 16.5. The monoisotopic (exact) mass is 303 g/mol. The van der Waals surface area contributed by atoms with Gasteiger partial charge in [0.25, 0.3) is 0 Å². The quantitative estimate of drug-likeness (QED) is 0.883. The van der Waals surface area contributed by atoms with Gasteiger partial charge in [-0.15, -0.1) is 0 Å². The van der Waals surface area contributed by atoms with Crippen LogP contribution in [-0.2, 0) is 0 Å². The lowest BCUT2D eigenvalue weighted by Gasteiger charge is -2.33. The average molecular weight is 303 g/mol. The maximum absolute atomic E-state index is 12.5. The van der Waals surface area contributed by atoms with Gasteiger partial charge >= 0.3 is 6.03 Å². The summed E-state index contributed by atoms with van der Waals surface area (Å²) in [5.41, 5.74) is 2.17. The highest BCUT2D eigenvalue weighted by Crippen LogP contribution is 2.36. The van der Waals surface area contributed by atoms with E-state index in [1.165, 1.54) is 12.8 Å². The minimum atomic E-state index is 0.00992. The number of rotatable bonds is 2. The van der Waals surface area contributed by atoms with Crippen LogP contribution in [0.1, 0.15) is 24.8 Å². The fourth-order valence-corrected chi connectivity index (χ4v) is 3.58. The third kappa shape index (κ3) is 3.04. The van der Waals surface area contributed by atoms with E-state index in [1.807, 2.05) is 30.0 Å². The normalized spacial score (nSPS) is 24.5. The standard InChI is InChI=1S/C17H25N3O2/c1-13-10-14(22-2)4-5-15(13)19-16(21)20-9-7-17(12-20)6-3-8-18-11-17/h4-5,10,18H,3,6-9,11-12H2,1-2H3,(H,19,21)/t17-/m1/s1. The molecule has 5 heteroatoms. The number of benzene rings is 1. The number of carbonyl (C=O) groups is 1. The molecule has 1 aromatic carbocycles. The number of ether oxygens (including phenoxy) is 1. The van der Waals surface area contributed by atoms with E-state index in [0.29, 0.717) is 5.41 Å². The molecule has 1 aromatic rings. The van der Waals surface area contributed by atoms with Gasteiger partial charge < -0.3 is 20.3 Å². The summed E-state index contributed by atoms with van der Waals surface area (Å²) >= 11 is 0. The van der Waals surface area contributed by atoms with Gasteiger partial charge in [-0.2, -0.15) is 0 Å². The maximum atomic E-state index is 12.5. The van der Waals surface area contributed by atoms with Crippen molar-refractivity contribution in [2.24, 2.45) is 5.41 Å². The van der Waals surface area contributed by atoms with Crippen LogP contribution < -0.4 is 15.4 Å². The van der Waals surface area contributed by atoms with Gasteiger partial charge in [0, 0.05) is 30.7 Å². The zero-order valence-corrected chi connectivity index (χ0v) is 13.4. The van der Waals surface area contributed by atoms with Crippen molar-refractivity contribution in [3.05, 3.63) is 23.8 Å². The van der Waals surface area contributed by atoms with Crippen molar-refractivity contribution < 1.29 is 9.53 Å². The van der Waals surface area contributed by atoms with Crippen molar-refractivity contribution in [1.29, 1.82) is 0 Å². The summed E-state index contributed by atoms with van der Waals surface area (Å²) in [6.45, 7) is 5.84. The molecule has 0 bridgehead atoms. The van der Waals surface area contributed by atoms with Crippen LogP contribution in [0.3, 0.4) is 0 Å². The first-order chi connectivity index (χ1) is 10.6. The van der Waals surface area contributed by atoms with Crippen LogP contribution in [0.4, 0.5) is 10.5 Å². The first-order valence-corrected chi connectivity index (χ1v) is 8.03. The van der Waals surface area contributed by atoms with Crippen LogP contribution in [0.25, 0.3) is 0 Å². The Morgan fingerprint density at radius 2 is 2.27 bits per heavy atom. The molecule has 3 rings (SSSR count). The van der Waals surface area contributed by atoms with Gasteiger partial charge in [-0.1, -0.05) is 0 Å². The third-order valence-electron chi connectivity index (χ3n) is 4.96. The zero-order valence-electron chi connectivity index (χ0n) is 13.4. The molecule has 5 nitrogen and oxygen atoms in total. The molecule has 0 radical (unpaired) electrons. The lowest BCUT2D eigenvalue weighted by Crippen LogP contribution is -2.43. The molecule has 2 fully saturated rings. The number of urea groups is 1. The van der Waals surface area contributed by atoms with Gasteiger partial charge in [-0.05, 0) is 56.5 Å². The molecule has 2 N–H and O–H groups in total. The van der Waals surface area contributed by atoms with Crippen LogP contribution in [0, 0.1) is 12.3 Å². The van der Waals surface area contributed by atoms with E-state index in [2.05, 4.69) is 10.6 Å². The van der Waals surface area contributed by atoms with Gasteiger partial charge in [0.2, 0.25) is 0 Å². The minimum Gasteiger partial charge on any atom is -0.497 e. The van der Waals surface area contributed by atoms with Crippen LogP contribution in [0.5, 0.6) is 5.75 Å². The molecule has 1 spiro atoms. The van der Waals surface area contributed by atoms with Crippen molar-refractivity contribution in [3.8, 4) is 5.75 Å². The van der Waals surface area contributed by atoms with Crippen molar-refractivity contribution in [1.82, 2.24) is 10.2 Å². The predicted molar refractivity (Wildman–Crippen MR) is 87.5 cm³/mol. The molecule has 120 valence electrons. The van der Waals surface area contributed by atoms with Gasteiger partial charge in [0.05, 0.1) is 7.11 Å². The molecule has 0 saturated carbocycles. The number of hydrogen-bond acceptors (Lipinski definition) is 3. The van der Waals surface area contributed by atoms with Crippen LogP contribution in [0.2, 0.25) is 0 Å². The van der Waals surface area contributed by atoms with E-state index in [1.54, 1.807) is 7.11 Å². The summed E-state index contributed by atoms with van der Waals surface area (Å²) < 4.78 is 5.20. The Balaban J connectivity index is 1.63. The predicted octanol–water partition coefficient (Wildman–Crippen LogP) is 2.61. The van der Waals surface area contributed by atoms with Crippen molar-refractivity contribution in [3.63, 3.8) is 0 Å². The number of likely N-dealkylation sites (tertiary alicyclic amines) is 1. The molecule has 0 unspecified atom stereocenters. The van der Waals surface area contributed by atoms with E-state index in [0.717, 1.165) is 49.6 Å². The molecule has 2 amide bonds. The number of anilines is 1. The second-order valence-corrected chi connectivity index (χ2v) is 6.56. The number of methoxy groups -OCH3 is 1. The number of nitrogens with zero attached hydrogens (tertiary/aromatic N) is 1. The smallest absolute Gasteiger partial charge is 0.321 e. The summed E-state index contributed by atoms with van der Waals surface area (Å²) in [7, 11) is 1.65. The molecule has 22 heavy (non-hydrogen) atoms. The van der Waals surface area contributed by atoms with E-state index < -0.39 is 0 Å². The van der Waals surface area contributed by atoms with Gasteiger partial charge in [-0.3, -0.25) is 0 Å². The van der Waals surface area contributed by atoms with E-state index in [4.69, 9.17) is 4.74 Å². The largest absolute Gasteiger partial charge is 0.497 e. The first-order valence-electron chi connectivity index (χ1n) is 8.03. The maximum Gasteiger partial charge on any atom is 0.321 e. The van der Waals surface area contributed by atoms with E-state index >= 15 is 0 Å². The summed E-state index contributed by atoms with van der Waals surface area (Å²) in [5, 5.41) is 6.51. The van der Waals surface area contributed by atoms with Crippen LogP contribution in [-0.4, -0.2) is 44.2 Å². The highest BCUT2D eigenvalue weighted by molar-refractivity contribution is 5.90. The number of amides is 2. The first kappa shape index (κ1) is 15.2. The number of hydrogen-bond donors (Lipinski definition) is 2. The second kappa shape index (κ2) is 6.16. The van der Waals surface area contributed by atoms with Crippen LogP contribution >= 0.6 is 0 Å². The molecular weight excluding hydrogens is 278 g/mol. The number of nitrogens with one attached hydrogen (secondary N) is 2. The Kier molecular flexibility index (Phi) is 4.25. The molecule has 0 aromatic heterocycles. The Labute approximate surface area is 132 Å². The molecule has 2 saturated heterocycles. The summed E-state index contributed by atoms with van der Waals surface area (Å²) in [4.78, 5) is 14.5. The topological polar surface area (TPSA) is 53.6 Å².